The number of halogens is 4. The Hall–Kier alpha value is -0.0900. The molecule has 5 heteroatoms. The zero-order valence-electron chi connectivity index (χ0n) is 9.51. The molecule has 2 aromatic rings. The normalized spacial score (nSPS) is 12.7. The molecule has 0 bridgehead atoms. The van der Waals surface area contributed by atoms with Gasteiger partial charge in [-0.25, -0.2) is 4.39 Å². The van der Waals surface area contributed by atoms with Gasteiger partial charge >= 0.3 is 0 Å². The van der Waals surface area contributed by atoms with E-state index in [2.05, 4.69) is 15.9 Å². The van der Waals surface area contributed by atoms with Gasteiger partial charge in [-0.3, -0.25) is 0 Å². The molecule has 0 radical (unpaired) electrons. The third kappa shape index (κ3) is 2.90. The van der Waals surface area contributed by atoms with Gasteiger partial charge in [0, 0.05) is 15.5 Å². The molecule has 0 saturated heterocycles. The molecular weight excluding hydrogens is 358 g/mol. The third-order valence-corrected chi connectivity index (χ3v) is 5.92. The molecule has 1 unspecified atom stereocenters. The highest BCUT2D eigenvalue weighted by Crippen LogP contribution is 2.39. The molecule has 96 valence electrons. The summed E-state index contributed by atoms with van der Waals surface area (Å²) in [4.78, 5) is 0.978. The van der Waals surface area contributed by atoms with Gasteiger partial charge < -0.3 is 0 Å². The minimum atomic E-state index is -0.281. The number of rotatable bonds is 3. The second kappa shape index (κ2) is 5.91. The van der Waals surface area contributed by atoms with E-state index in [-0.39, 0.29) is 10.6 Å². The Morgan fingerprint density at radius 2 is 2.11 bits per heavy atom. The first-order chi connectivity index (χ1) is 8.50. The van der Waals surface area contributed by atoms with Crippen LogP contribution in [0.25, 0.3) is 0 Å². The van der Waals surface area contributed by atoms with E-state index in [1.54, 1.807) is 23.5 Å². The van der Waals surface area contributed by atoms with Crippen LogP contribution in [-0.4, -0.2) is 0 Å². The van der Waals surface area contributed by atoms with Crippen LogP contribution < -0.4 is 0 Å². The van der Waals surface area contributed by atoms with Gasteiger partial charge in [0.25, 0.3) is 0 Å². The summed E-state index contributed by atoms with van der Waals surface area (Å²) in [5.41, 5.74) is 1.56. The predicted molar refractivity (Wildman–Crippen MR) is 80.8 cm³/mol. The average Bonchev–Trinajstić information content (AvgIpc) is 2.65. The van der Waals surface area contributed by atoms with Gasteiger partial charge in [-0.1, -0.05) is 45.2 Å². The fraction of sp³-hybridized carbons (Fsp3) is 0.231. The summed E-state index contributed by atoms with van der Waals surface area (Å²) in [6.07, 6.45) is 0.477. The maximum absolute atomic E-state index is 13.7. The van der Waals surface area contributed by atoms with Crippen molar-refractivity contribution in [2.45, 2.75) is 18.2 Å². The number of hydrogen-bond donors (Lipinski definition) is 0. The molecule has 1 atom stereocenters. The zero-order chi connectivity index (χ0) is 13.3. The largest absolute Gasteiger partial charge is 0.207 e. The Labute approximate surface area is 128 Å². The summed E-state index contributed by atoms with van der Waals surface area (Å²) >= 11 is 17.3. The van der Waals surface area contributed by atoms with E-state index in [9.17, 15) is 4.39 Å². The second-order valence-corrected chi connectivity index (χ2v) is 6.77. The lowest BCUT2D eigenvalue weighted by atomic mass is 10.1. The van der Waals surface area contributed by atoms with Crippen molar-refractivity contribution in [2.75, 3.05) is 0 Å². The van der Waals surface area contributed by atoms with E-state index in [4.69, 9.17) is 23.2 Å². The number of benzene rings is 1. The van der Waals surface area contributed by atoms with E-state index in [0.717, 1.165) is 15.5 Å². The molecule has 18 heavy (non-hydrogen) atoms. The SMILES string of the molecule is Cc1csc(C(Br)Cc2c(F)cccc2Cl)c1Cl. The Bertz CT molecular complexity index is 548. The quantitative estimate of drug-likeness (QED) is 0.568. The van der Waals surface area contributed by atoms with Gasteiger partial charge in [-0.05, 0) is 36.4 Å². The highest BCUT2D eigenvalue weighted by atomic mass is 79.9. The molecule has 0 saturated carbocycles. The van der Waals surface area contributed by atoms with Crippen molar-refractivity contribution in [1.82, 2.24) is 0 Å². The molecule has 0 nitrogen and oxygen atoms in total. The molecule has 0 aliphatic heterocycles. The molecule has 0 fully saturated rings. The van der Waals surface area contributed by atoms with Crippen LogP contribution in [0.2, 0.25) is 10.0 Å². The Kier molecular flexibility index (Phi) is 4.70. The number of alkyl halides is 1. The lowest BCUT2D eigenvalue weighted by Crippen LogP contribution is -1.98. The second-order valence-electron chi connectivity index (χ2n) is 3.97. The predicted octanol–water partition coefficient (Wildman–Crippen LogP) is 6.18. The van der Waals surface area contributed by atoms with E-state index >= 15 is 0 Å². The Balaban J connectivity index is 2.27. The van der Waals surface area contributed by atoms with Crippen LogP contribution in [0.15, 0.2) is 23.6 Å². The van der Waals surface area contributed by atoms with Gasteiger partial charge in [0.2, 0.25) is 0 Å². The van der Waals surface area contributed by atoms with Crippen molar-refractivity contribution in [2.24, 2.45) is 0 Å². The smallest absolute Gasteiger partial charge is 0.127 e. The molecule has 1 heterocycles. The average molecular weight is 368 g/mol. The monoisotopic (exact) mass is 366 g/mol. The van der Waals surface area contributed by atoms with Crippen LogP contribution in [0.1, 0.15) is 20.8 Å². The van der Waals surface area contributed by atoms with E-state index in [1.807, 2.05) is 12.3 Å². The van der Waals surface area contributed by atoms with Crippen LogP contribution >= 0.6 is 50.5 Å². The van der Waals surface area contributed by atoms with Crippen molar-refractivity contribution >= 4 is 50.5 Å². The minimum absolute atomic E-state index is 0.0295. The molecule has 0 spiro atoms. The summed E-state index contributed by atoms with van der Waals surface area (Å²) in [6.45, 7) is 1.96. The molecule has 0 aliphatic carbocycles. The van der Waals surface area contributed by atoms with Crippen LogP contribution in [0, 0.1) is 12.7 Å². The molecule has 0 amide bonds. The Morgan fingerprint density at radius 3 is 2.67 bits per heavy atom. The van der Waals surface area contributed by atoms with Crippen molar-refractivity contribution in [1.29, 1.82) is 0 Å². The highest BCUT2D eigenvalue weighted by molar-refractivity contribution is 9.09. The molecule has 1 aromatic heterocycles. The molecule has 0 aliphatic rings. The Morgan fingerprint density at radius 1 is 1.39 bits per heavy atom. The first-order valence-electron chi connectivity index (χ1n) is 5.31. The van der Waals surface area contributed by atoms with Gasteiger partial charge in [0.1, 0.15) is 5.82 Å². The third-order valence-electron chi connectivity index (χ3n) is 2.65. The van der Waals surface area contributed by atoms with Crippen molar-refractivity contribution < 1.29 is 4.39 Å². The fourth-order valence-electron chi connectivity index (χ4n) is 1.66. The van der Waals surface area contributed by atoms with Gasteiger partial charge in [-0.15, -0.1) is 11.3 Å². The molecule has 1 aromatic carbocycles. The van der Waals surface area contributed by atoms with Crippen molar-refractivity contribution in [3.63, 3.8) is 0 Å². The van der Waals surface area contributed by atoms with Crippen molar-refractivity contribution in [3.05, 3.63) is 55.4 Å². The summed E-state index contributed by atoms with van der Waals surface area (Å²) in [5.74, 6) is -0.281. The molecule has 2 rings (SSSR count). The number of hydrogen-bond acceptors (Lipinski definition) is 1. The van der Waals surface area contributed by atoms with E-state index in [1.165, 1.54) is 6.07 Å². The molecule has 0 N–H and O–H groups in total. The summed E-state index contributed by atoms with van der Waals surface area (Å²) < 4.78 is 13.7. The van der Waals surface area contributed by atoms with E-state index < -0.39 is 0 Å². The lowest BCUT2D eigenvalue weighted by Gasteiger charge is -2.11. The van der Waals surface area contributed by atoms with Gasteiger partial charge in [0.05, 0.1) is 9.85 Å². The topological polar surface area (TPSA) is 0 Å². The summed E-state index contributed by atoms with van der Waals surface area (Å²) in [7, 11) is 0. The van der Waals surface area contributed by atoms with Crippen molar-refractivity contribution in [3.8, 4) is 0 Å². The maximum Gasteiger partial charge on any atom is 0.127 e. The van der Waals surface area contributed by atoms with E-state index in [0.29, 0.717) is 17.0 Å². The van der Waals surface area contributed by atoms with Crippen LogP contribution in [-0.2, 0) is 6.42 Å². The lowest BCUT2D eigenvalue weighted by molar-refractivity contribution is 0.609. The first-order valence-corrected chi connectivity index (χ1v) is 7.86. The van der Waals surface area contributed by atoms with Crippen LogP contribution in [0.4, 0.5) is 4.39 Å². The summed E-state index contributed by atoms with van der Waals surface area (Å²) in [6, 6.07) is 4.72. The summed E-state index contributed by atoms with van der Waals surface area (Å²) in [5, 5.41) is 3.19. The number of thiophene rings is 1. The van der Waals surface area contributed by atoms with Gasteiger partial charge in [0.15, 0.2) is 0 Å². The van der Waals surface area contributed by atoms with Crippen LogP contribution in [0.3, 0.4) is 0 Å². The zero-order valence-corrected chi connectivity index (χ0v) is 13.4. The first kappa shape index (κ1) is 14.3. The molecular formula is C13H10BrCl2FS. The number of aryl methyl sites for hydroxylation is 1. The maximum atomic E-state index is 13.7. The minimum Gasteiger partial charge on any atom is -0.207 e. The fourth-order valence-corrected chi connectivity index (χ4v) is 4.21. The van der Waals surface area contributed by atoms with Crippen LogP contribution in [0.5, 0.6) is 0 Å². The van der Waals surface area contributed by atoms with Gasteiger partial charge in [-0.2, -0.15) is 0 Å². The standard InChI is InChI=1S/C13H10BrCl2FS/c1-7-6-18-13(12(7)16)9(14)5-8-10(15)3-2-4-11(8)17/h2-4,6,9H,5H2,1H3. The highest BCUT2D eigenvalue weighted by Gasteiger charge is 2.18.